The molecule has 1 aromatic carbocycles. The van der Waals surface area contributed by atoms with Gasteiger partial charge in [0, 0.05) is 17.5 Å². The average Bonchev–Trinajstić information content (AvgIpc) is 3.22. The predicted octanol–water partition coefficient (Wildman–Crippen LogP) is 4.24. The first-order valence-electron chi connectivity index (χ1n) is 8.30. The topological polar surface area (TPSA) is 62.3 Å². The summed E-state index contributed by atoms with van der Waals surface area (Å²) < 4.78 is 77.8. The predicted molar refractivity (Wildman–Crippen MR) is 99.0 cm³/mol. The Morgan fingerprint density at radius 2 is 1.73 bits per heavy atom. The second-order valence-electron chi connectivity index (χ2n) is 6.34. The molecule has 1 fully saturated rings. The summed E-state index contributed by atoms with van der Waals surface area (Å²) in [6.07, 6.45) is -8.80. The molecule has 30 heavy (non-hydrogen) atoms. The zero-order valence-corrected chi connectivity index (χ0v) is 16.6. The molecule has 2 aromatic rings. The number of carbonyl (C=O) groups excluding carboxylic acids is 2. The van der Waals surface area contributed by atoms with Gasteiger partial charge >= 0.3 is 12.4 Å². The van der Waals surface area contributed by atoms with Crippen molar-refractivity contribution in [1.82, 2.24) is 9.88 Å². The number of anilines is 1. The number of rotatable bonds is 5. The Kier molecular flexibility index (Phi) is 6.32. The molecule has 0 radical (unpaired) electrons. The zero-order valence-electron chi connectivity index (χ0n) is 14.9. The van der Waals surface area contributed by atoms with Crippen LogP contribution in [0.5, 0.6) is 0 Å². The summed E-state index contributed by atoms with van der Waals surface area (Å²) in [5.41, 5.74) is -2.96. The van der Waals surface area contributed by atoms with Gasteiger partial charge in [-0.15, -0.1) is 23.1 Å². The van der Waals surface area contributed by atoms with Gasteiger partial charge in [-0.25, -0.2) is 4.98 Å². The number of benzene rings is 1. The first kappa shape index (κ1) is 22.4. The maximum absolute atomic E-state index is 13.0. The Morgan fingerprint density at radius 3 is 2.27 bits per heavy atom. The first-order chi connectivity index (χ1) is 13.9. The van der Waals surface area contributed by atoms with Crippen molar-refractivity contribution in [2.45, 2.75) is 18.8 Å². The Hall–Kier alpha value is -2.28. The van der Waals surface area contributed by atoms with Gasteiger partial charge in [-0.2, -0.15) is 26.3 Å². The molecule has 1 N–H and O–H groups in total. The smallest absolute Gasteiger partial charge is 0.323 e. The maximum atomic E-state index is 13.0. The van der Waals surface area contributed by atoms with E-state index in [0.717, 1.165) is 11.3 Å². The van der Waals surface area contributed by atoms with E-state index in [0.29, 0.717) is 28.6 Å². The number of halogens is 6. The number of amides is 2. The summed E-state index contributed by atoms with van der Waals surface area (Å²) >= 11 is 2.30. The molecular weight excluding hydrogens is 456 g/mol. The van der Waals surface area contributed by atoms with Crippen LogP contribution in [0.2, 0.25) is 0 Å². The SMILES string of the molecule is O=C(CN1CSCC1=O)Nc1ncc(Cc2cc(C(F)(F)F)cc(C(F)(F)F)c2)s1. The van der Waals surface area contributed by atoms with Gasteiger partial charge in [-0.3, -0.25) is 9.59 Å². The van der Waals surface area contributed by atoms with E-state index >= 15 is 0 Å². The lowest BCUT2D eigenvalue weighted by Crippen LogP contribution is -2.34. The van der Waals surface area contributed by atoms with Crippen molar-refractivity contribution in [3.05, 3.63) is 46.0 Å². The number of nitrogens with zero attached hydrogens (tertiary/aromatic N) is 2. The van der Waals surface area contributed by atoms with Crippen molar-refractivity contribution in [3.63, 3.8) is 0 Å². The molecule has 3 rings (SSSR count). The molecule has 162 valence electrons. The fourth-order valence-corrected chi connectivity index (χ4v) is 4.41. The van der Waals surface area contributed by atoms with Gasteiger partial charge < -0.3 is 10.2 Å². The third-order valence-electron chi connectivity index (χ3n) is 3.99. The van der Waals surface area contributed by atoms with Crippen LogP contribution in [0, 0.1) is 0 Å². The second kappa shape index (κ2) is 8.46. The van der Waals surface area contributed by atoms with Crippen LogP contribution in [-0.2, 0) is 28.4 Å². The van der Waals surface area contributed by atoms with Gasteiger partial charge in [0.15, 0.2) is 5.13 Å². The van der Waals surface area contributed by atoms with Crippen LogP contribution in [0.1, 0.15) is 21.6 Å². The highest BCUT2D eigenvalue weighted by Crippen LogP contribution is 2.37. The monoisotopic (exact) mass is 469 g/mol. The van der Waals surface area contributed by atoms with Gasteiger partial charge in [0.25, 0.3) is 0 Å². The Balaban J connectivity index is 1.72. The highest BCUT2D eigenvalue weighted by atomic mass is 32.2. The number of thiazole rings is 1. The average molecular weight is 469 g/mol. The molecule has 0 unspecified atom stereocenters. The summed E-state index contributed by atoms with van der Waals surface area (Å²) in [5, 5.41) is 2.61. The van der Waals surface area contributed by atoms with Crippen molar-refractivity contribution < 1.29 is 35.9 Å². The first-order valence-corrected chi connectivity index (χ1v) is 10.3. The minimum atomic E-state index is -4.92. The van der Waals surface area contributed by atoms with E-state index in [1.165, 1.54) is 22.9 Å². The molecule has 0 atom stereocenters. The number of nitrogens with one attached hydrogen (secondary N) is 1. The quantitative estimate of drug-likeness (QED) is 0.666. The standard InChI is InChI=1S/C17H13F6N3O2S2/c18-16(19,20)10-1-9(2-11(4-10)17(21,22)23)3-12-5-24-15(30-12)25-13(27)6-26-8-29-7-14(26)28/h1-2,4-5H,3,6-8H2,(H,24,25,27). The van der Waals surface area contributed by atoms with Gasteiger partial charge in [0.2, 0.25) is 11.8 Å². The second-order valence-corrected chi connectivity index (χ2v) is 8.41. The Morgan fingerprint density at radius 1 is 1.10 bits per heavy atom. The van der Waals surface area contributed by atoms with Gasteiger partial charge in [0.05, 0.1) is 22.8 Å². The molecule has 0 saturated carbocycles. The van der Waals surface area contributed by atoms with Crippen LogP contribution in [0.15, 0.2) is 24.4 Å². The van der Waals surface area contributed by atoms with E-state index in [1.54, 1.807) is 0 Å². The molecular formula is C17H13F6N3O2S2. The van der Waals surface area contributed by atoms with E-state index in [9.17, 15) is 35.9 Å². The highest BCUT2D eigenvalue weighted by Gasteiger charge is 2.36. The lowest BCUT2D eigenvalue weighted by atomic mass is 10.0. The lowest BCUT2D eigenvalue weighted by Gasteiger charge is -2.14. The van der Waals surface area contributed by atoms with Crippen LogP contribution < -0.4 is 5.32 Å². The molecule has 2 amide bonds. The van der Waals surface area contributed by atoms with Crippen molar-refractivity contribution in [3.8, 4) is 0 Å². The summed E-state index contributed by atoms with van der Waals surface area (Å²) in [4.78, 5) is 29.2. The van der Waals surface area contributed by atoms with Crippen LogP contribution in [-0.4, -0.2) is 39.9 Å². The molecule has 0 spiro atoms. The summed E-state index contributed by atoms with van der Waals surface area (Å²) in [6.45, 7) is -0.163. The van der Waals surface area contributed by atoms with Crippen molar-refractivity contribution in [2.24, 2.45) is 0 Å². The Bertz CT molecular complexity index is 925. The zero-order chi connectivity index (χ0) is 22.1. The number of carbonyl (C=O) groups is 2. The summed E-state index contributed by atoms with van der Waals surface area (Å²) in [5.74, 6) is 0.0306. The van der Waals surface area contributed by atoms with Crippen molar-refractivity contribution in [1.29, 1.82) is 0 Å². The van der Waals surface area contributed by atoms with Crippen molar-refractivity contribution >= 4 is 40.0 Å². The maximum Gasteiger partial charge on any atom is 0.416 e. The molecule has 1 aliphatic heterocycles. The number of aromatic nitrogens is 1. The molecule has 5 nitrogen and oxygen atoms in total. The Labute approximate surface area is 174 Å². The molecule has 1 saturated heterocycles. The van der Waals surface area contributed by atoms with E-state index in [1.807, 2.05) is 0 Å². The van der Waals surface area contributed by atoms with Crippen LogP contribution in [0.4, 0.5) is 31.5 Å². The minimum Gasteiger partial charge on any atom is -0.323 e. The largest absolute Gasteiger partial charge is 0.416 e. The van der Waals surface area contributed by atoms with Crippen LogP contribution in [0.25, 0.3) is 0 Å². The molecule has 1 aliphatic rings. The molecule has 0 aliphatic carbocycles. The van der Waals surface area contributed by atoms with Gasteiger partial charge in [-0.1, -0.05) is 0 Å². The number of hydrogen-bond donors (Lipinski definition) is 1. The lowest BCUT2D eigenvalue weighted by molar-refractivity contribution is -0.143. The fourth-order valence-electron chi connectivity index (χ4n) is 2.64. The summed E-state index contributed by atoms with van der Waals surface area (Å²) in [6, 6.07) is 1.38. The van der Waals surface area contributed by atoms with Crippen LogP contribution in [0.3, 0.4) is 0 Å². The minimum absolute atomic E-state index is 0.0692. The highest BCUT2D eigenvalue weighted by molar-refractivity contribution is 8.00. The van der Waals surface area contributed by atoms with Crippen LogP contribution >= 0.6 is 23.1 Å². The van der Waals surface area contributed by atoms with E-state index < -0.39 is 29.4 Å². The third-order valence-corrected chi connectivity index (χ3v) is 5.84. The summed E-state index contributed by atoms with van der Waals surface area (Å²) in [7, 11) is 0. The van der Waals surface area contributed by atoms with Gasteiger partial charge in [-0.05, 0) is 23.8 Å². The molecule has 13 heteroatoms. The molecule has 0 bridgehead atoms. The molecule has 1 aromatic heterocycles. The molecule has 2 heterocycles. The van der Waals surface area contributed by atoms with Crippen molar-refractivity contribution in [2.75, 3.05) is 23.5 Å². The third kappa shape index (κ3) is 5.65. The number of alkyl halides is 6. The van der Waals surface area contributed by atoms with E-state index in [2.05, 4.69) is 10.3 Å². The fraction of sp³-hybridized carbons (Fsp3) is 0.353. The normalized spacial score (nSPS) is 15.0. The van der Waals surface area contributed by atoms with E-state index in [4.69, 9.17) is 0 Å². The van der Waals surface area contributed by atoms with E-state index in [-0.39, 0.29) is 35.6 Å². The number of thioether (sulfide) groups is 1. The number of hydrogen-bond acceptors (Lipinski definition) is 5. The van der Waals surface area contributed by atoms with Gasteiger partial charge in [0.1, 0.15) is 6.54 Å².